The summed E-state index contributed by atoms with van der Waals surface area (Å²) in [5.41, 5.74) is 6.92. The Labute approximate surface area is 184 Å². The second kappa shape index (κ2) is 10.5. The van der Waals surface area contributed by atoms with E-state index in [2.05, 4.69) is 26.8 Å². The van der Waals surface area contributed by atoms with Crippen molar-refractivity contribution >= 4 is 17.0 Å². The van der Waals surface area contributed by atoms with Gasteiger partial charge in [-0.2, -0.15) is 9.97 Å². The van der Waals surface area contributed by atoms with Crippen molar-refractivity contribution in [3.63, 3.8) is 0 Å². The van der Waals surface area contributed by atoms with Crippen LogP contribution in [0.25, 0.3) is 11.2 Å². The Morgan fingerprint density at radius 3 is 2.77 bits per heavy atom. The lowest BCUT2D eigenvalue weighted by molar-refractivity contribution is 0.119. The molecule has 1 saturated carbocycles. The van der Waals surface area contributed by atoms with Gasteiger partial charge in [-0.3, -0.25) is 4.57 Å². The number of nitrogens with two attached hydrogens (primary N) is 1. The molecule has 2 fully saturated rings. The first-order valence-electron chi connectivity index (χ1n) is 12.3. The van der Waals surface area contributed by atoms with Gasteiger partial charge in [-0.25, -0.2) is 4.79 Å². The van der Waals surface area contributed by atoms with Gasteiger partial charge >= 0.3 is 11.7 Å². The molecule has 1 aliphatic heterocycles. The summed E-state index contributed by atoms with van der Waals surface area (Å²) in [7, 11) is 0. The van der Waals surface area contributed by atoms with Crippen LogP contribution in [0.15, 0.2) is 4.79 Å². The van der Waals surface area contributed by atoms with E-state index < -0.39 is 0 Å². The van der Waals surface area contributed by atoms with Crippen LogP contribution in [0.2, 0.25) is 0 Å². The predicted octanol–water partition coefficient (Wildman–Crippen LogP) is 3.71. The van der Waals surface area contributed by atoms with E-state index in [1.54, 1.807) is 4.57 Å². The van der Waals surface area contributed by atoms with Crippen molar-refractivity contribution in [2.75, 3.05) is 25.4 Å². The monoisotopic (exact) mass is 430 g/mol. The molecule has 2 aliphatic rings. The molecule has 8 heteroatoms. The van der Waals surface area contributed by atoms with Crippen LogP contribution < -0.4 is 16.2 Å². The molecular weight excluding hydrogens is 392 g/mol. The summed E-state index contributed by atoms with van der Waals surface area (Å²) < 4.78 is 7.31. The van der Waals surface area contributed by atoms with Gasteiger partial charge in [0, 0.05) is 19.1 Å². The predicted molar refractivity (Wildman–Crippen MR) is 123 cm³/mol. The highest BCUT2D eigenvalue weighted by Crippen LogP contribution is 2.29. The number of aromatic amines is 1. The van der Waals surface area contributed by atoms with E-state index >= 15 is 0 Å². The van der Waals surface area contributed by atoms with E-state index in [1.165, 1.54) is 58.0 Å². The highest BCUT2D eigenvalue weighted by Gasteiger charge is 2.27. The first-order valence-corrected chi connectivity index (χ1v) is 12.3. The molecule has 0 aromatic carbocycles. The molecule has 2 aromatic rings. The Hall–Kier alpha value is -2.09. The average Bonchev–Trinajstić information content (AvgIpc) is 3.41. The third-order valence-corrected chi connectivity index (χ3v) is 6.99. The third kappa shape index (κ3) is 5.40. The van der Waals surface area contributed by atoms with E-state index in [1.807, 2.05) is 0 Å². The molecule has 3 heterocycles. The van der Waals surface area contributed by atoms with Crippen LogP contribution in [0.5, 0.6) is 6.01 Å². The highest BCUT2D eigenvalue weighted by atomic mass is 16.5. The number of fused-ring (bicyclic) bond motifs is 1. The lowest BCUT2D eigenvalue weighted by atomic mass is 9.91. The lowest BCUT2D eigenvalue weighted by Crippen LogP contribution is -2.41. The number of H-pyrrole nitrogens is 1. The van der Waals surface area contributed by atoms with Crippen molar-refractivity contribution in [2.24, 2.45) is 5.92 Å². The van der Waals surface area contributed by atoms with Crippen LogP contribution in [-0.4, -0.2) is 50.2 Å². The normalized spacial score (nSPS) is 20.6. The van der Waals surface area contributed by atoms with Gasteiger partial charge in [0.15, 0.2) is 11.5 Å². The van der Waals surface area contributed by atoms with Crippen LogP contribution in [0.3, 0.4) is 0 Å². The van der Waals surface area contributed by atoms with Gasteiger partial charge in [0.25, 0.3) is 0 Å². The number of nitrogens with zero attached hydrogens (tertiary/aromatic N) is 4. The van der Waals surface area contributed by atoms with Crippen LogP contribution in [0.4, 0.5) is 5.82 Å². The molecule has 31 heavy (non-hydrogen) atoms. The van der Waals surface area contributed by atoms with Gasteiger partial charge < -0.3 is 20.4 Å². The molecule has 0 amide bonds. The van der Waals surface area contributed by atoms with Crippen molar-refractivity contribution in [3.8, 4) is 6.01 Å². The molecule has 3 N–H and O–H groups in total. The minimum absolute atomic E-state index is 0.174. The third-order valence-electron chi connectivity index (χ3n) is 6.99. The molecule has 4 rings (SSSR count). The number of rotatable bonds is 10. The number of aromatic nitrogens is 4. The molecule has 1 saturated heterocycles. The average molecular weight is 431 g/mol. The van der Waals surface area contributed by atoms with Crippen molar-refractivity contribution in [1.82, 2.24) is 24.4 Å². The highest BCUT2D eigenvalue weighted by molar-refractivity contribution is 5.81. The van der Waals surface area contributed by atoms with E-state index in [0.29, 0.717) is 24.3 Å². The molecule has 1 atom stereocenters. The van der Waals surface area contributed by atoms with Gasteiger partial charge in [0.1, 0.15) is 5.52 Å². The first kappa shape index (κ1) is 22.1. The standard InChI is InChI=1S/C23H38N6O2/c1-2-3-15-31-22-26-20(24)19-21(27-22)29(23(30)25-19)14-7-6-9-17-10-8-13-28(16-17)18-11-4-5-12-18/h17-18H,2-16H2,1H3,(H,25,30)(H2,24,26,27). The summed E-state index contributed by atoms with van der Waals surface area (Å²) >= 11 is 0. The molecule has 0 radical (unpaired) electrons. The minimum atomic E-state index is -0.174. The summed E-state index contributed by atoms with van der Waals surface area (Å²) in [5.74, 6) is 1.06. The summed E-state index contributed by atoms with van der Waals surface area (Å²) in [6.07, 6.45) is 13.6. The zero-order chi connectivity index (χ0) is 21.6. The minimum Gasteiger partial charge on any atom is -0.463 e. The fourth-order valence-electron chi connectivity index (χ4n) is 5.25. The Morgan fingerprint density at radius 2 is 1.97 bits per heavy atom. The zero-order valence-electron chi connectivity index (χ0n) is 18.9. The zero-order valence-corrected chi connectivity index (χ0v) is 18.9. The molecule has 1 unspecified atom stereocenters. The van der Waals surface area contributed by atoms with Gasteiger partial charge in [0.2, 0.25) is 0 Å². The summed E-state index contributed by atoms with van der Waals surface area (Å²) in [6, 6.07) is 1.09. The van der Waals surface area contributed by atoms with Crippen molar-refractivity contribution < 1.29 is 4.74 Å². The Kier molecular flexibility index (Phi) is 7.48. The van der Waals surface area contributed by atoms with Crippen molar-refractivity contribution in [2.45, 2.75) is 90.1 Å². The number of unbranched alkanes of at least 4 members (excludes halogenated alkanes) is 2. The second-order valence-electron chi connectivity index (χ2n) is 9.31. The lowest BCUT2D eigenvalue weighted by Gasteiger charge is -2.37. The smallest absolute Gasteiger partial charge is 0.327 e. The number of imidazole rings is 1. The number of hydrogen-bond donors (Lipinski definition) is 2. The molecular formula is C23H38N6O2. The maximum absolute atomic E-state index is 12.5. The molecule has 0 bridgehead atoms. The first-order chi connectivity index (χ1) is 15.2. The van der Waals surface area contributed by atoms with E-state index in [9.17, 15) is 4.79 Å². The molecule has 8 nitrogen and oxygen atoms in total. The van der Waals surface area contributed by atoms with E-state index in [-0.39, 0.29) is 17.5 Å². The molecule has 172 valence electrons. The number of ether oxygens (including phenoxy) is 1. The number of aryl methyl sites for hydroxylation is 1. The fraction of sp³-hybridized carbons (Fsp3) is 0.783. The van der Waals surface area contributed by atoms with Gasteiger partial charge in [-0.1, -0.05) is 32.6 Å². The van der Waals surface area contributed by atoms with Gasteiger partial charge in [-0.05, 0) is 57.4 Å². The van der Waals surface area contributed by atoms with Crippen LogP contribution >= 0.6 is 0 Å². The van der Waals surface area contributed by atoms with Crippen LogP contribution in [0, 0.1) is 5.92 Å². The van der Waals surface area contributed by atoms with Crippen LogP contribution in [0.1, 0.15) is 77.6 Å². The summed E-state index contributed by atoms with van der Waals surface area (Å²) in [4.78, 5) is 26.7. The van der Waals surface area contributed by atoms with Crippen LogP contribution in [-0.2, 0) is 6.54 Å². The number of hydrogen-bond acceptors (Lipinski definition) is 6. The maximum Gasteiger partial charge on any atom is 0.327 e. The largest absolute Gasteiger partial charge is 0.463 e. The summed E-state index contributed by atoms with van der Waals surface area (Å²) in [5, 5.41) is 0. The van der Waals surface area contributed by atoms with E-state index in [4.69, 9.17) is 10.5 Å². The number of piperidine rings is 1. The maximum atomic E-state index is 12.5. The number of nitrogen functional groups attached to an aromatic ring is 1. The second-order valence-corrected chi connectivity index (χ2v) is 9.31. The number of anilines is 1. The van der Waals surface area contributed by atoms with Gasteiger partial charge in [-0.15, -0.1) is 0 Å². The quantitative estimate of drug-likeness (QED) is 0.557. The molecule has 2 aromatic heterocycles. The Balaban J connectivity index is 1.32. The van der Waals surface area contributed by atoms with Crippen molar-refractivity contribution in [3.05, 3.63) is 10.5 Å². The van der Waals surface area contributed by atoms with E-state index in [0.717, 1.165) is 37.6 Å². The fourth-order valence-corrected chi connectivity index (χ4v) is 5.25. The number of likely N-dealkylation sites (tertiary alicyclic amines) is 1. The Bertz CT molecular complexity index is 901. The number of nitrogens with one attached hydrogen (secondary N) is 1. The van der Waals surface area contributed by atoms with Gasteiger partial charge in [0.05, 0.1) is 6.61 Å². The topological polar surface area (TPSA) is 102 Å². The van der Waals surface area contributed by atoms with Crippen molar-refractivity contribution in [1.29, 1.82) is 0 Å². The summed E-state index contributed by atoms with van der Waals surface area (Å²) in [6.45, 7) is 5.85. The molecule has 1 aliphatic carbocycles. The Morgan fingerprint density at radius 1 is 1.13 bits per heavy atom. The SMILES string of the molecule is CCCCOc1nc(N)c2[nH]c(=O)n(CCCCC3CCCN(C4CCCC4)C3)c2n1. The molecule has 0 spiro atoms.